The minimum absolute atomic E-state index is 0.0616. The first-order valence-electron chi connectivity index (χ1n) is 7.76. The molecule has 0 radical (unpaired) electrons. The number of hydrogen-bond acceptors (Lipinski definition) is 6. The van der Waals surface area contributed by atoms with E-state index in [0.717, 1.165) is 18.4 Å². The Labute approximate surface area is 167 Å². The quantitative estimate of drug-likeness (QED) is 0.522. The highest BCUT2D eigenvalue weighted by Crippen LogP contribution is 2.33. The first kappa shape index (κ1) is 20.0. The van der Waals surface area contributed by atoms with Gasteiger partial charge in [-0.15, -0.1) is 0 Å². The second kappa shape index (κ2) is 7.69. The molecule has 0 aliphatic rings. The number of ether oxygens (including phenoxy) is 1. The van der Waals surface area contributed by atoms with Crippen molar-refractivity contribution in [3.63, 3.8) is 0 Å². The molecule has 1 aromatic heterocycles. The van der Waals surface area contributed by atoms with Crippen molar-refractivity contribution in [2.45, 2.75) is 4.90 Å². The summed E-state index contributed by atoms with van der Waals surface area (Å²) in [5, 5.41) is 0. The highest BCUT2D eigenvalue weighted by atomic mass is 79.9. The third kappa shape index (κ3) is 4.20. The lowest BCUT2D eigenvalue weighted by molar-refractivity contribution is 0.109. The van der Waals surface area contributed by atoms with Gasteiger partial charge in [0.05, 0.1) is 4.90 Å². The molecule has 0 amide bonds. The van der Waals surface area contributed by atoms with Crippen LogP contribution in [0.25, 0.3) is 11.3 Å². The molecule has 0 spiro atoms. The van der Waals surface area contributed by atoms with Crippen LogP contribution in [0.5, 0.6) is 11.5 Å². The van der Waals surface area contributed by atoms with E-state index in [1.165, 1.54) is 36.4 Å². The zero-order valence-electron chi connectivity index (χ0n) is 14.3. The van der Waals surface area contributed by atoms with Crippen LogP contribution in [-0.4, -0.2) is 21.0 Å². The summed E-state index contributed by atoms with van der Waals surface area (Å²) in [7, 11) is -3.42. The van der Waals surface area contributed by atoms with Crippen LogP contribution in [-0.2, 0) is 9.84 Å². The number of halogens is 2. The van der Waals surface area contributed by atoms with Gasteiger partial charge >= 0.3 is 0 Å². The Morgan fingerprint density at radius 3 is 2.36 bits per heavy atom. The molecule has 3 aromatic rings. The van der Waals surface area contributed by atoms with E-state index in [4.69, 9.17) is 9.15 Å². The number of hydrogen-bond donors (Lipinski definition) is 0. The topological polar surface area (TPSA) is 90.6 Å². The molecule has 1 heterocycles. The van der Waals surface area contributed by atoms with Gasteiger partial charge in [0, 0.05) is 22.4 Å². The predicted octanol–water partition coefficient (Wildman–Crippen LogP) is 4.22. The standard InChI is InChI=1S/C19H12BrFO6S/c1-28(24,25)14-5-2-11(3-6-14)18-19(16(23)9-13(10-22)26-18)27-17-7-4-12(20)8-15(17)21/h2-10H,1H3. The maximum absolute atomic E-state index is 14.1. The number of rotatable bonds is 5. The van der Waals surface area contributed by atoms with Crippen molar-refractivity contribution < 1.29 is 26.8 Å². The molecule has 28 heavy (non-hydrogen) atoms. The van der Waals surface area contributed by atoms with Crippen LogP contribution in [0.15, 0.2) is 67.1 Å². The predicted molar refractivity (Wildman–Crippen MR) is 103 cm³/mol. The fourth-order valence-electron chi connectivity index (χ4n) is 2.37. The summed E-state index contributed by atoms with van der Waals surface area (Å²) in [5.41, 5.74) is -0.418. The number of carbonyl (C=O) groups is 1. The molecule has 0 bridgehead atoms. The van der Waals surface area contributed by atoms with E-state index < -0.39 is 21.1 Å². The normalized spacial score (nSPS) is 11.2. The van der Waals surface area contributed by atoms with Gasteiger partial charge in [0.25, 0.3) is 0 Å². The Hall–Kier alpha value is -2.78. The molecule has 0 saturated heterocycles. The molecule has 0 saturated carbocycles. The molecule has 0 N–H and O–H groups in total. The van der Waals surface area contributed by atoms with Crippen molar-refractivity contribution in [3.8, 4) is 22.8 Å². The van der Waals surface area contributed by atoms with Gasteiger partial charge in [-0.05, 0) is 42.5 Å². The molecule has 2 aromatic carbocycles. The zero-order chi connectivity index (χ0) is 20.5. The zero-order valence-corrected chi connectivity index (χ0v) is 16.7. The van der Waals surface area contributed by atoms with E-state index in [2.05, 4.69) is 15.9 Å². The Balaban J connectivity index is 2.15. The maximum atomic E-state index is 14.1. The molecular formula is C19H12BrFO6S. The highest BCUT2D eigenvalue weighted by molar-refractivity contribution is 9.10. The SMILES string of the molecule is CS(=O)(=O)c1ccc(-c2oc(C=O)cc(=O)c2Oc2ccc(Br)cc2F)cc1. The molecule has 3 rings (SSSR count). The van der Waals surface area contributed by atoms with Crippen molar-refractivity contribution in [2.75, 3.05) is 6.26 Å². The maximum Gasteiger partial charge on any atom is 0.228 e. The van der Waals surface area contributed by atoms with Gasteiger partial charge in [0.15, 0.2) is 39.2 Å². The smallest absolute Gasteiger partial charge is 0.228 e. The number of aldehydes is 1. The van der Waals surface area contributed by atoms with Crippen LogP contribution in [0.3, 0.4) is 0 Å². The fraction of sp³-hybridized carbons (Fsp3) is 0.0526. The van der Waals surface area contributed by atoms with Gasteiger partial charge in [-0.3, -0.25) is 9.59 Å². The monoisotopic (exact) mass is 466 g/mol. The van der Waals surface area contributed by atoms with Crippen molar-refractivity contribution in [1.29, 1.82) is 0 Å². The summed E-state index contributed by atoms with van der Waals surface area (Å²) in [6.45, 7) is 0. The molecule has 0 aliphatic carbocycles. The van der Waals surface area contributed by atoms with Crippen molar-refractivity contribution in [2.24, 2.45) is 0 Å². The van der Waals surface area contributed by atoms with Gasteiger partial charge in [-0.1, -0.05) is 15.9 Å². The summed E-state index contributed by atoms with van der Waals surface area (Å²) in [6.07, 6.45) is 1.40. The Morgan fingerprint density at radius 1 is 1.11 bits per heavy atom. The van der Waals surface area contributed by atoms with E-state index in [0.29, 0.717) is 10.8 Å². The summed E-state index contributed by atoms with van der Waals surface area (Å²) >= 11 is 3.13. The molecule has 0 unspecified atom stereocenters. The van der Waals surface area contributed by atoms with E-state index in [9.17, 15) is 22.4 Å². The lowest BCUT2D eigenvalue weighted by Crippen LogP contribution is -2.08. The first-order valence-corrected chi connectivity index (χ1v) is 10.4. The summed E-state index contributed by atoms with van der Waals surface area (Å²) in [6, 6.07) is 10.4. The van der Waals surface area contributed by atoms with E-state index in [1.54, 1.807) is 0 Å². The van der Waals surface area contributed by atoms with Gasteiger partial charge in [0.2, 0.25) is 11.2 Å². The lowest BCUT2D eigenvalue weighted by Gasteiger charge is -2.11. The average Bonchev–Trinajstić information content (AvgIpc) is 2.64. The second-order valence-electron chi connectivity index (χ2n) is 5.76. The van der Waals surface area contributed by atoms with Gasteiger partial charge in [-0.25, -0.2) is 12.8 Å². The van der Waals surface area contributed by atoms with Gasteiger partial charge in [0.1, 0.15) is 0 Å². The highest BCUT2D eigenvalue weighted by Gasteiger charge is 2.19. The van der Waals surface area contributed by atoms with Crippen molar-refractivity contribution in [3.05, 3.63) is 74.8 Å². The Kier molecular flexibility index (Phi) is 5.48. The van der Waals surface area contributed by atoms with Crippen LogP contribution < -0.4 is 10.2 Å². The molecule has 144 valence electrons. The van der Waals surface area contributed by atoms with Gasteiger partial charge < -0.3 is 9.15 Å². The largest absolute Gasteiger partial charge is 0.449 e. The summed E-state index contributed by atoms with van der Waals surface area (Å²) in [4.78, 5) is 23.6. The molecule has 9 heteroatoms. The third-order valence-corrected chi connectivity index (χ3v) is 5.31. The number of carbonyl (C=O) groups excluding carboxylic acids is 1. The van der Waals surface area contributed by atoms with Crippen LogP contribution >= 0.6 is 15.9 Å². The summed E-state index contributed by atoms with van der Waals surface area (Å²) < 4.78 is 48.7. The van der Waals surface area contributed by atoms with E-state index >= 15 is 0 Å². The molecule has 0 aliphatic heterocycles. The molecular weight excluding hydrogens is 455 g/mol. The van der Waals surface area contributed by atoms with Crippen LogP contribution in [0.1, 0.15) is 10.6 Å². The third-order valence-electron chi connectivity index (χ3n) is 3.69. The molecule has 0 fully saturated rings. The van der Waals surface area contributed by atoms with Gasteiger partial charge in [-0.2, -0.15) is 0 Å². The Bertz CT molecular complexity index is 1220. The minimum atomic E-state index is -3.42. The van der Waals surface area contributed by atoms with Crippen LogP contribution in [0.4, 0.5) is 4.39 Å². The van der Waals surface area contributed by atoms with Crippen molar-refractivity contribution in [1.82, 2.24) is 0 Å². The Morgan fingerprint density at radius 2 is 1.79 bits per heavy atom. The van der Waals surface area contributed by atoms with E-state index in [-0.39, 0.29) is 33.5 Å². The first-order chi connectivity index (χ1) is 13.2. The number of sulfone groups is 1. The van der Waals surface area contributed by atoms with E-state index in [1.807, 2.05) is 0 Å². The molecule has 6 nitrogen and oxygen atoms in total. The second-order valence-corrected chi connectivity index (χ2v) is 8.69. The average molecular weight is 467 g/mol. The summed E-state index contributed by atoms with van der Waals surface area (Å²) in [5.74, 6) is -1.65. The minimum Gasteiger partial charge on any atom is -0.449 e. The van der Waals surface area contributed by atoms with Crippen molar-refractivity contribution >= 4 is 32.1 Å². The lowest BCUT2D eigenvalue weighted by atomic mass is 10.1. The fourth-order valence-corrected chi connectivity index (χ4v) is 3.33. The number of benzene rings is 2. The van der Waals surface area contributed by atoms with Crippen LogP contribution in [0, 0.1) is 5.82 Å². The molecule has 0 atom stereocenters. The van der Waals surface area contributed by atoms with Crippen LogP contribution in [0.2, 0.25) is 0 Å².